The summed E-state index contributed by atoms with van der Waals surface area (Å²) in [5.41, 5.74) is 1.29. The van der Waals surface area contributed by atoms with Gasteiger partial charge in [-0.25, -0.2) is 0 Å². The first-order valence-electron chi connectivity index (χ1n) is 10.3. The van der Waals surface area contributed by atoms with Crippen LogP contribution in [0.15, 0.2) is 30.3 Å². The maximum Gasteiger partial charge on any atom is 0.158 e. The quantitative estimate of drug-likeness (QED) is 0.420. The fourth-order valence-corrected chi connectivity index (χ4v) is 99.8. The smallest absolute Gasteiger partial charge is 0.158 e. The van der Waals surface area contributed by atoms with Crippen LogP contribution in [0.3, 0.4) is 0 Å². The third-order valence-corrected chi connectivity index (χ3v) is 73.4. The molecule has 1 aromatic carbocycles. The molecule has 1 rings (SSSR count). The van der Waals surface area contributed by atoms with Crippen molar-refractivity contribution in [1.29, 1.82) is 0 Å². The Kier molecular flexibility index (Phi) is 7.89. The van der Waals surface area contributed by atoms with E-state index in [9.17, 15) is 4.79 Å². The van der Waals surface area contributed by atoms with Gasteiger partial charge in [-0.05, 0) is 12.5 Å². The fourth-order valence-electron chi connectivity index (χ4n) is 5.71. The fraction of sp³-hybridized carbons (Fsp3) is 0.667. The molecule has 0 amide bonds. The van der Waals surface area contributed by atoms with E-state index in [1.54, 1.807) is 6.92 Å². The Balaban J connectivity index is 3.53. The van der Waals surface area contributed by atoms with Gasteiger partial charge in [0.25, 0.3) is 0 Å². The maximum absolute atomic E-state index is 12.2. The molecule has 0 aliphatic heterocycles. The average Bonchev–Trinajstić information content (AvgIpc) is 2.47. The highest BCUT2D eigenvalue weighted by atomic mass is 29.9. The summed E-state index contributed by atoms with van der Waals surface area (Å²) in [6, 6.07) is 10.6. The Labute approximate surface area is 171 Å². The zero-order chi connectivity index (χ0) is 21.3. The monoisotopic (exact) mass is 438 g/mol. The topological polar surface area (TPSA) is 26.3 Å². The van der Waals surface area contributed by atoms with Crippen LogP contribution in [-0.2, 0) is 9.22 Å². The zero-order valence-corrected chi connectivity index (χ0v) is 23.6. The van der Waals surface area contributed by atoms with Crippen LogP contribution in [0.4, 0.5) is 0 Å². The predicted molar refractivity (Wildman–Crippen MR) is 131 cm³/mol. The number of carbonyl (C=O) groups is 1. The first-order valence-corrected chi connectivity index (χ1v) is 25.7. The lowest BCUT2D eigenvalue weighted by atomic mass is 9.93. The largest absolute Gasteiger partial charge is 0.422 e. The van der Waals surface area contributed by atoms with Gasteiger partial charge in [-0.1, -0.05) is 96.2 Å². The van der Waals surface area contributed by atoms with Gasteiger partial charge in [0.05, 0.1) is 28.9 Å². The number of hydrogen-bond acceptors (Lipinski definition) is 2. The molecule has 6 heteroatoms. The minimum atomic E-state index is -1.96. The highest BCUT2D eigenvalue weighted by Crippen LogP contribution is 2.41. The van der Waals surface area contributed by atoms with Gasteiger partial charge in [-0.2, -0.15) is 0 Å². The normalized spacial score (nSPS) is 16.1. The molecule has 154 valence electrons. The summed E-state index contributed by atoms with van der Waals surface area (Å²) in [5, 5.41) is 0. The van der Waals surface area contributed by atoms with Crippen molar-refractivity contribution in [2.45, 2.75) is 91.2 Å². The van der Waals surface area contributed by atoms with Gasteiger partial charge >= 0.3 is 0 Å². The van der Waals surface area contributed by atoms with Gasteiger partial charge in [-0.3, -0.25) is 4.79 Å². The molecule has 0 bridgehead atoms. The average molecular weight is 439 g/mol. The van der Waals surface area contributed by atoms with Crippen LogP contribution < -0.4 is 0 Å². The second-order valence-corrected chi connectivity index (χ2v) is 50.6. The second kappa shape index (κ2) is 8.61. The van der Waals surface area contributed by atoms with Crippen molar-refractivity contribution in [3.63, 3.8) is 0 Å². The molecule has 0 heterocycles. The van der Waals surface area contributed by atoms with E-state index in [4.69, 9.17) is 4.43 Å². The summed E-state index contributed by atoms with van der Waals surface area (Å²) < 4.78 is 7.46. The van der Waals surface area contributed by atoms with E-state index in [1.807, 2.05) is 0 Å². The molecular weight excluding hydrogens is 397 g/mol. The third kappa shape index (κ3) is 5.41. The van der Waals surface area contributed by atoms with Crippen LogP contribution in [-0.4, -0.2) is 41.5 Å². The van der Waals surface area contributed by atoms with Gasteiger partial charge < -0.3 is 4.43 Å². The van der Waals surface area contributed by atoms with E-state index in [0.717, 1.165) is 0 Å². The molecule has 0 fully saturated rings. The van der Waals surface area contributed by atoms with Gasteiger partial charge in [-0.15, -0.1) is 0 Å². The van der Waals surface area contributed by atoms with Gasteiger partial charge in [0, 0.05) is 12.3 Å². The van der Waals surface area contributed by atoms with Crippen molar-refractivity contribution in [3.05, 3.63) is 35.9 Å². The molecule has 2 nitrogen and oxygen atoms in total. The summed E-state index contributed by atoms with van der Waals surface area (Å²) in [6.07, 6.45) is 0.534. The molecule has 0 unspecified atom stereocenters. The Hall–Kier alpha value is -0.282. The van der Waals surface area contributed by atoms with Crippen molar-refractivity contribution in [2.24, 2.45) is 0 Å². The first kappa shape index (κ1) is 24.8. The highest BCUT2D eigenvalue weighted by Gasteiger charge is 2.64. The number of rotatable bonds is 9. The lowest BCUT2D eigenvalue weighted by molar-refractivity contribution is -0.118. The van der Waals surface area contributed by atoms with Crippen LogP contribution in [0.1, 0.15) is 31.7 Å². The van der Waals surface area contributed by atoms with E-state index in [0.29, 0.717) is 6.42 Å². The number of benzene rings is 1. The van der Waals surface area contributed by atoms with Crippen molar-refractivity contribution in [3.8, 4) is 0 Å². The Morgan fingerprint density at radius 1 is 0.852 bits per heavy atom. The summed E-state index contributed by atoms with van der Waals surface area (Å²) in [5.74, 6) is 0.485. The first-order chi connectivity index (χ1) is 12.0. The Morgan fingerprint density at radius 3 is 1.59 bits per heavy atom. The third-order valence-electron chi connectivity index (χ3n) is 5.87. The number of carbonyl (C=O) groups excluding carboxylic acids is 1. The summed E-state index contributed by atoms with van der Waals surface area (Å²) in [7, 11) is -4.62. The summed E-state index contributed by atoms with van der Waals surface area (Å²) >= 11 is 0. The lowest BCUT2D eigenvalue weighted by Crippen LogP contribution is -2.85. The van der Waals surface area contributed by atoms with Crippen LogP contribution >= 0.6 is 0 Å². The van der Waals surface area contributed by atoms with E-state index < -0.39 is 29.6 Å². The zero-order valence-electron chi connectivity index (χ0n) is 19.6. The van der Waals surface area contributed by atoms with E-state index >= 15 is 0 Å². The second-order valence-electron chi connectivity index (χ2n) is 11.2. The van der Waals surface area contributed by atoms with Crippen molar-refractivity contribution in [2.75, 3.05) is 0 Å². The van der Waals surface area contributed by atoms with Crippen molar-refractivity contribution in [1.82, 2.24) is 0 Å². The Bertz CT molecular complexity index is 588. The predicted octanol–water partition coefficient (Wildman–Crippen LogP) is 6.35. The molecule has 0 aromatic heterocycles. The van der Waals surface area contributed by atoms with Crippen LogP contribution in [0.5, 0.6) is 0 Å². The van der Waals surface area contributed by atoms with Crippen LogP contribution in [0.25, 0.3) is 0 Å². The number of hydrogen-bond donors (Lipinski definition) is 0. The molecule has 0 radical (unpaired) electrons. The molecule has 0 saturated carbocycles. The van der Waals surface area contributed by atoms with Crippen LogP contribution in [0, 0.1) is 0 Å². The molecule has 27 heavy (non-hydrogen) atoms. The number of ketones is 1. The van der Waals surface area contributed by atoms with Crippen LogP contribution in [0.2, 0.25) is 58.9 Å². The van der Waals surface area contributed by atoms with E-state index in [-0.39, 0.29) is 17.8 Å². The Morgan fingerprint density at radius 2 is 1.26 bits per heavy atom. The molecule has 0 saturated heterocycles. The molecule has 0 N–H and O–H groups in total. The number of Topliss-reactive ketones (excluding diaryl/α,β-unsaturated/α-hetero) is 1. The maximum atomic E-state index is 12.2. The standard InChI is InChI=1S/C21H42O2Si4/c1-18(22)17-21(19(2)20-15-13-12-14-16-20)23-27(24(3,4)5,25(6,7)8)26(9,10)11/h12-16,19,21H,17H2,1-11H3/t19-,21-/m1/s1. The SMILES string of the molecule is CC(=O)C[C@@H](O[Si]([Si](C)(C)C)([Si](C)(C)C)[Si](C)(C)C)[C@H](C)c1ccccc1. The minimum absolute atomic E-state index is 0.00161. The van der Waals surface area contributed by atoms with E-state index in [2.05, 4.69) is 96.2 Å². The lowest BCUT2D eigenvalue weighted by Gasteiger charge is -2.58. The minimum Gasteiger partial charge on any atom is -0.422 e. The molecule has 0 aliphatic rings. The van der Waals surface area contributed by atoms with Gasteiger partial charge in [0.15, 0.2) is 6.87 Å². The van der Waals surface area contributed by atoms with Crippen molar-refractivity contribution >= 4 is 35.4 Å². The van der Waals surface area contributed by atoms with Gasteiger partial charge in [0.1, 0.15) is 5.78 Å². The molecule has 0 aliphatic carbocycles. The molecular formula is C21H42O2Si4. The molecule has 1 aromatic rings. The molecule has 0 spiro atoms. The van der Waals surface area contributed by atoms with Gasteiger partial charge in [0.2, 0.25) is 0 Å². The van der Waals surface area contributed by atoms with E-state index in [1.165, 1.54) is 5.56 Å². The molecule has 2 atom stereocenters. The van der Waals surface area contributed by atoms with Crippen molar-refractivity contribution < 1.29 is 9.22 Å². The summed E-state index contributed by atoms with van der Waals surface area (Å²) in [4.78, 5) is 12.2. The highest BCUT2D eigenvalue weighted by molar-refractivity contribution is 7.87. The summed E-state index contributed by atoms with van der Waals surface area (Å²) in [6.45, 7) is 24.8.